The first-order chi connectivity index (χ1) is 9.16. The molecule has 0 aromatic carbocycles. The molecule has 0 aromatic rings. The lowest BCUT2D eigenvalue weighted by Gasteiger charge is -2.22. The van der Waals surface area contributed by atoms with Crippen LogP contribution in [-0.2, 0) is 14.3 Å². The maximum absolute atomic E-state index is 12.3. The summed E-state index contributed by atoms with van der Waals surface area (Å²) >= 11 is 0. The molecule has 3 amide bonds. The average molecular weight is 266 g/mol. The Hall–Kier alpha value is -1.59. The van der Waals surface area contributed by atoms with Gasteiger partial charge in [0.15, 0.2) is 6.61 Å². The minimum Gasteiger partial charge on any atom is -0.439 e. The van der Waals surface area contributed by atoms with Gasteiger partial charge in [-0.1, -0.05) is 12.8 Å². The first-order valence-corrected chi connectivity index (χ1v) is 6.94. The SMILES string of the molecule is O=C(C1CCCC1)N1CCC(N2C(=O)COC2=O)C1. The van der Waals surface area contributed by atoms with Crippen LogP contribution in [0.3, 0.4) is 0 Å². The molecule has 0 spiro atoms. The smallest absolute Gasteiger partial charge is 0.417 e. The van der Waals surface area contributed by atoms with Crippen molar-refractivity contribution in [2.75, 3.05) is 19.7 Å². The molecule has 3 rings (SSSR count). The normalized spacial score (nSPS) is 28.3. The lowest BCUT2D eigenvalue weighted by molar-refractivity contribution is -0.135. The van der Waals surface area contributed by atoms with E-state index in [1.807, 2.05) is 0 Å². The number of cyclic esters (lactones) is 1. The molecule has 1 unspecified atom stereocenters. The minimum atomic E-state index is -0.565. The predicted octanol–water partition coefficient (Wildman–Crippen LogP) is 0.756. The van der Waals surface area contributed by atoms with Crippen molar-refractivity contribution < 1.29 is 19.1 Å². The second-order valence-corrected chi connectivity index (χ2v) is 5.53. The van der Waals surface area contributed by atoms with E-state index >= 15 is 0 Å². The first kappa shape index (κ1) is 12.4. The number of amides is 3. The molecule has 3 fully saturated rings. The van der Waals surface area contributed by atoms with Gasteiger partial charge < -0.3 is 9.64 Å². The lowest BCUT2D eigenvalue weighted by atomic mass is 10.1. The van der Waals surface area contributed by atoms with Crippen LogP contribution in [0.15, 0.2) is 0 Å². The standard InChI is InChI=1S/C13H18N2O4/c16-11-8-19-13(18)15(11)10-5-6-14(7-10)12(17)9-3-1-2-4-9/h9-10H,1-8H2. The Morgan fingerprint density at radius 1 is 1.16 bits per heavy atom. The minimum absolute atomic E-state index is 0.153. The summed E-state index contributed by atoms with van der Waals surface area (Å²) in [4.78, 5) is 38.3. The number of rotatable bonds is 2. The van der Waals surface area contributed by atoms with Crippen LogP contribution in [0.25, 0.3) is 0 Å². The van der Waals surface area contributed by atoms with Gasteiger partial charge in [0.1, 0.15) is 0 Å². The van der Waals surface area contributed by atoms with Gasteiger partial charge in [-0.25, -0.2) is 9.69 Å². The van der Waals surface area contributed by atoms with Crippen molar-refractivity contribution >= 4 is 17.9 Å². The Kier molecular flexibility index (Phi) is 3.16. The van der Waals surface area contributed by atoms with E-state index in [9.17, 15) is 14.4 Å². The van der Waals surface area contributed by atoms with E-state index in [0.717, 1.165) is 25.7 Å². The number of ether oxygens (including phenoxy) is 1. The van der Waals surface area contributed by atoms with Crippen LogP contribution in [-0.4, -0.2) is 53.4 Å². The van der Waals surface area contributed by atoms with Crippen molar-refractivity contribution in [3.05, 3.63) is 0 Å². The predicted molar refractivity (Wildman–Crippen MR) is 65.1 cm³/mol. The number of hydrogen-bond acceptors (Lipinski definition) is 4. The van der Waals surface area contributed by atoms with Gasteiger partial charge in [-0.05, 0) is 19.3 Å². The molecule has 3 aliphatic rings. The molecule has 0 aromatic heterocycles. The maximum atomic E-state index is 12.3. The molecule has 1 aliphatic carbocycles. The quantitative estimate of drug-likeness (QED) is 0.740. The molecule has 2 aliphatic heterocycles. The van der Waals surface area contributed by atoms with E-state index in [2.05, 4.69) is 0 Å². The van der Waals surface area contributed by atoms with Crippen LogP contribution in [0.5, 0.6) is 0 Å². The highest BCUT2D eigenvalue weighted by Gasteiger charge is 2.42. The van der Waals surface area contributed by atoms with Gasteiger partial charge >= 0.3 is 6.09 Å². The molecule has 2 heterocycles. The molecular formula is C13H18N2O4. The molecule has 0 bridgehead atoms. The van der Waals surface area contributed by atoms with E-state index in [-0.39, 0.29) is 30.4 Å². The fourth-order valence-corrected chi connectivity index (χ4v) is 3.30. The van der Waals surface area contributed by atoms with Crippen LogP contribution in [0.4, 0.5) is 4.79 Å². The molecule has 0 radical (unpaired) electrons. The zero-order valence-corrected chi connectivity index (χ0v) is 10.8. The van der Waals surface area contributed by atoms with E-state index in [1.165, 1.54) is 4.90 Å². The Bertz CT molecular complexity index is 401. The topological polar surface area (TPSA) is 66.9 Å². The molecule has 0 N–H and O–H groups in total. The summed E-state index contributed by atoms with van der Waals surface area (Å²) in [6, 6.07) is -0.201. The number of carbonyl (C=O) groups excluding carboxylic acids is 3. The highest BCUT2D eigenvalue weighted by Crippen LogP contribution is 2.29. The molecular weight excluding hydrogens is 248 g/mol. The van der Waals surface area contributed by atoms with Crippen molar-refractivity contribution in [3.8, 4) is 0 Å². The van der Waals surface area contributed by atoms with Crippen LogP contribution in [0.1, 0.15) is 32.1 Å². The fraction of sp³-hybridized carbons (Fsp3) is 0.769. The Balaban J connectivity index is 1.62. The number of carbonyl (C=O) groups is 3. The third-order valence-corrected chi connectivity index (χ3v) is 4.33. The summed E-state index contributed by atoms with van der Waals surface area (Å²) in [5.74, 6) is 0.0603. The zero-order chi connectivity index (χ0) is 13.4. The van der Waals surface area contributed by atoms with Crippen molar-refractivity contribution in [2.45, 2.75) is 38.1 Å². The van der Waals surface area contributed by atoms with Gasteiger partial charge in [0.2, 0.25) is 5.91 Å². The fourth-order valence-electron chi connectivity index (χ4n) is 3.30. The van der Waals surface area contributed by atoms with E-state index in [0.29, 0.717) is 19.5 Å². The Labute approximate surface area is 111 Å². The van der Waals surface area contributed by atoms with Crippen LogP contribution < -0.4 is 0 Å². The van der Waals surface area contributed by atoms with E-state index < -0.39 is 6.09 Å². The summed E-state index contributed by atoms with van der Waals surface area (Å²) in [7, 11) is 0. The second-order valence-electron chi connectivity index (χ2n) is 5.53. The second kappa shape index (κ2) is 4.83. The largest absolute Gasteiger partial charge is 0.439 e. The summed E-state index contributed by atoms with van der Waals surface area (Å²) in [6.45, 7) is 0.944. The summed E-state index contributed by atoms with van der Waals surface area (Å²) in [5, 5.41) is 0. The van der Waals surface area contributed by atoms with Crippen molar-refractivity contribution in [1.82, 2.24) is 9.80 Å². The number of imide groups is 1. The lowest BCUT2D eigenvalue weighted by Crippen LogP contribution is -2.42. The number of hydrogen-bond donors (Lipinski definition) is 0. The number of nitrogens with zero attached hydrogens (tertiary/aromatic N) is 2. The monoisotopic (exact) mass is 266 g/mol. The van der Waals surface area contributed by atoms with E-state index in [1.54, 1.807) is 4.90 Å². The van der Waals surface area contributed by atoms with Gasteiger partial charge in [0.05, 0.1) is 6.04 Å². The van der Waals surface area contributed by atoms with Crippen LogP contribution in [0, 0.1) is 5.92 Å². The summed E-state index contributed by atoms with van der Waals surface area (Å²) in [5.41, 5.74) is 0. The zero-order valence-electron chi connectivity index (χ0n) is 10.8. The molecule has 6 nitrogen and oxygen atoms in total. The van der Waals surface area contributed by atoms with Gasteiger partial charge in [-0.2, -0.15) is 0 Å². The van der Waals surface area contributed by atoms with E-state index in [4.69, 9.17) is 4.74 Å². The van der Waals surface area contributed by atoms with Crippen LogP contribution in [0.2, 0.25) is 0 Å². The highest BCUT2D eigenvalue weighted by atomic mass is 16.6. The summed E-state index contributed by atoms with van der Waals surface area (Å²) in [6.07, 6.45) is 4.31. The third-order valence-electron chi connectivity index (χ3n) is 4.33. The van der Waals surface area contributed by atoms with Crippen molar-refractivity contribution in [2.24, 2.45) is 5.92 Å². The van der Waals surface area contributed by atoms with Crippen LogP contribution >= 0.6 is 0 Å². The van der Waals surface area contributed by atoms with Crippen molar-refractivity contribution in [3.63, 3.8) is 0 Å². The molecule has 2 saturated heterocycles. The Morgan fingerprint density at radius 2 is 1.89 bits per heavy atom. The average Bonchev–Trinajstić information content (AvgIpc) is 3.10. The molecule has 6 heteroatoms. The summed E-state index contributed by atoms with van der Waals surface area (Å²) < 4.78 is 4.72. The molecule has 1 atom stereocenters. The molecule has 1 saturated carbocycles. The van der Waals surface area contributed by atoms with Crippen molar-refractivity contribution in [1.29, 1.82) is 0 Å². The van der Waals surface area contributed by atoms with Gasteiger partial charge in [0, 0.05) is 19.0 Å². The molecule has 104 valence electrons. The van der Waals surface area contributed by atoms with Gasteiger partial charge in [-0.15, -0.1) is 0 Å². The Morgan fingerprint density at radius 3 is 2.53 bits per heavy atom. The highest BCUT2D eigenvalue weighted by molar-refractivity contribution is 5.98. The molecule has 19 heavy (non-hydrogen) atoms. The van der Waals surface area contributed by atoms with Gasteiger partial charge in [0.25, 0.3) is 5.91 Å². The first-order valence-electron chi connectivity index (χ1n) is 6.94. The third kappa shape index (κ3) is 2.19. The maximum Gasteiger partial charge on any atom is 0.417 e. The van der Waals surface area contributed by atoms with Gasteiger partial charge in [-0.3, -0.25) is 9.59 Å². The number of likely N-dealkylation sites (tertiary alicyclic amines) is 1.